The van der Waals surface area contributed by atoms with Gasteiger partial charge >= 0.3 is 0 Å². The van der Waals surface area contributed by atoms with Crippen LogP contribution in [0.25, 0.3) is 0 Å². The number of likely N-dealkylation sites (N-methyl/N-ethyl adjacent to an activating group) is 2. The number of nitrogens with zero attached hydrogens (tertiary/aromatic N) is 2. The summed E-state index contributed by atoms with van der Waals surface area (Å²) in [5.41, 5.74) is 1.21. The summed E-state index contributed by atoms with van der Waals surface area (Å²) in [6.07, 6.45) is 0.826. The van der Waals surface area contributed by atoms with E-state index in [1.54, 1.807) is 17.5 Å². The Balaban J connectivity index is 1.96. The van der Waals surface area contributed by atoms with Gasteiger partial charge < -0.3 is 5.32 Å². The van der Waals surface area contributed by atoms with Crippen LogP contribution >= 0.6 is 11.3 Å². The van der Waals surface area contributed by atoms with Crippen molar-refractivity contribution in [1.29, 1.82) is 0 Å². The van der Waals surface area contributed by atoms with Crippen molar-refractivity contribution >= 4 is 27.3 Å². The van der Waals surface area contributed by atoms with Crippen molar-refractivity contribution in [2.45, 2.75) is 30.5 Å². The Hall–Kier alpha value is -1.74. The minimum atomic E-state index is -3.62. The SMILES string of the molecule is CCN(CC)[C@H](CNC(=O)CN(C)S(=O)(=O)c1cccs1)Cc1ccccc1. The van der Waals surface area contributed by atoms with Gasteiger partial charge in [0.25, 0.3) is 10.0 Å². The predicted octanol–water partition coefficient (Wildman–Crippen LogP) is 2.44. The van der Waals surface area contributed by atoms with Crippen molar-refractivity contribution < 1.29 is 13.2 Å². The first-order valence-corrected chi connectivity index (χ1v) is 11.7. The summed E-state index contributed by atoms with van der Waals surface area (Å²) in [5.74, 6) is -0.298. The average molecular weight is 424 g/mol. The van der Waals surface area contributed by atoms with Crippen molar-refractivity contribution in [3.63, 3.8) is 0 Å². The molecule has 0 unspecified atom stereocenters. The molecule has 0 bridgehead atoms. The Bertz CT molecular complexity index is 820. The molecule has 154 valence electrons. The normalized spacial score (nSPS) is 13.0. The number of hydrogen-bond acceptors (Lipinski definition) is 5. The van der Waals surface area contributed by atoms with E-state index in [0.29, 0.717) is 6.54 Å². The second-order valence-electron chi connectivity index (χ2n) is 6.56. The molecule has 0 aliphatic rings. The summed E-state index contributed by atoms with van der Waals surface area (Å²) in [7, 11) is -2.19. The maximum Gasteiger partial charge on any atom is 0.252 e. The fraction of sp³-hybridized carbons (Fsp3) is 0.450. The summed E-state index contributed by atoms with van der Waals surface area (Å²) in [4.78, 5) is 14.7. The van der Waals surface area contributed by atoms with Crippen LogP contribution in [0.5, 0.6) is 0 Å². The second-order valence-corrected chi connectivity index (χ2v) is 9.78. The lowest BCUT2D eigenvalue weighted by molar-refractivity contribution is -0.121. The Morgan fingerprint density at radius 1 is 1.11 bits per heavy atom. The van der Waals surface area contributed by atoms with Crippen LogP contribution in [0, 0.1) is 0 Å². The number of rotatable bonds is 11. The van der Waals surface area contributed by atoms with Crippen LogP contribution in [0.15, 0.2) is 52.1 Å². The number of amides is 1. The van der Waals surface area contributed by atoms with Gasteiger partial charge in [0.1, 0.15) is 4.21 Å². The number of nitrogens with one attached hydrogen (secondary N) is 1. The van der Waals surface area contributed by atoms with Crippen LogP contribution in [-0.4, -0.2) is 62.8 Å². The Kier molecular flexibility index (Phi) is 8.62. The predicted molar refractivity (Wildman–Crippen MR) is 114 cm³/mol. The zero-order chi connectivity index (χ0) is 20.6. The lowest BCUT2D eigenvalue weighted by Crippen LogP contribution is -2.47. The molecule has 0 radical (unpaired) electrons. The van der Waals surface area contributed by atoms with E-state index in [4.69, 9.17) is 0 Å². The smallest absolute Gasteiger partial charge is 0.252 e. The molecule has 2 rings (SSSR count). The van der Waals surface area contributed by atoms with Crippen molar-refractivity contribution in [2.24, 2.45) is 0 Å². The van der Waals surface area contributed by atoms with Crippen LogP contribution in [-0.2, 0) is 21.2 Å². The monoisotopic (exact) mass is 423 g/mol. The molecule has 8 heteroatoms. The lowest BCUT2D eigenvalue weighted by Gasteiger charge is -2.30. The molecular weight excluding hydrogens is 394 g/mol. The van der Waals surface area contributed by atoms with Crippen LogP contribution in [0.4, 0.5) is 0 Å². The van der Waals surface area contributed by atoms with Crippen molar-refractivity contribution in [2.75, 3.05) is 33.2 Å². The van der Waals surface area contributed by atoms with Crippen molar-refractivity contribution in [1.82, 2.24) is 14.5 Å². The third-order valence-corrected chi connectivity index (χ3v) is 7.88. The maximum atomic E-state index is 12.5. The summed E-state index contributed by atoms with van der Waals surface area (Å²) in [6.45, 7) is 6.25. The topological polar surface area (TPSA) is 69.7 Å². The van der Waals surface area contributed by atoms with Gasteiger partial charge in [0.05, 0.1) is 6.54 Å². The third kappa shape index (κ3) is 6.13. The average Bonchev–Trinajstić information content (AvgIpc) is 3.23. The van der Waals surface area contributed by atoms with Gasteiger partial charge in [-0.05, 0) is 36.5 Å². The molecule has 0 spiro atoms. The molecule has 0 saturated heterocycles. The second kappa shape index (κ2) is 10.7. The number of carbonyl (C=O) groups excluding carboxylic acids is 1. The first kappa shape index (κ1) is 22.5. The first-order chi connectivity index (χ1) is 13.4. The zero-order valence-electron chi connectivity index (χ0n) is 16.7. The standard InChI is InChI=1S/C20H29N3O3S2/c1-4-23(5-2)18(14-17-10-7-6-8-11-17)15-21-19(24)16-22(3)28(25,26)20-12-9-13-27-20/h6-13,18H,4-5,14-16H2,1-3H3,(H,21,24)/t18-/m0/s1. The number of carbonyl (C=O) groups is 1. The van der Waals surface area contributed by atoms with E-state index in [2.05, 4.69) is 36.2 Å². The first-order valence-electron chi connectivity index (χ1n) is 9.43. The molecule has 0 saturated carbocycles. The molecule has 1 aromatic carbocycles. The third-order valence-electron chi connectivity index (χ3n) is 4.70. The van der Waals surface area contributed by atoms with Crippen LogP contribution in [0.2, 0.25) is 0 Å². The Labute approximate surface area is 172 Å². The minimum Gasteiger partial charge on any atom is -0.353 e. The molecule has 1 heterocycles. The molecule has 2 aromatic rings. The Morgan fingerprint density at radius 2 is 1.79 bits per heavy atom. The van der Waals surface area contributed by atoms with E-state index >= 15 is 0 Å². The van der Waals surface area contributed by atoms with E-state index in [9.17, 15) is 13.2 Å². The quantitative estimate of drug-likeness (QED) is 0.603. The zero-order valence-corrected chi connectivity index (χ0v) is 18.3. The summed E-state index contributed by atoms with van der Waals surface area (Å²) in [5, 5.41) is 4.62. The van der Waals surface area contributed by atoms with E-state index in [1.165, 1.54) is 12.6 Å². The molecule has 1 aromatic heterocycles. The van der Waals surface area contributed by atoms with Gasteiger partial charge in [-0.25, -0.2) is 8.42 Å². The molecule has 1 atom stereocenters. The van der Waals surface area contributed by atoms with E-state index in [1.807, 2.05) is 18.2 Å². The molecular formula is C20H29N3O3S2. The van der Waals surface area contributed by atoms with Crippen LogP contribution < -0.4 is 5.32 Å². The minimum absolute atomic E-state index is 0.153. The molecule has 28 heavy (non-hydrogen) atoms. The van der Waals surface area contributed by atoms with E-state index in [-0.39, 0.29) is 22.7 Å². The fourth-order valence-corrected chi connectivity index (χ4v) is 5.42. The fourth-order valence-electron chi connectivity index (χ4n) is 3.10. The molecule has 1 N–H and O–H groups in total. The molecule has 0 fully saturated rings. The van der Waals surface area contributed by atoms with Crippen LogP contribution in [0.1, 0.15) is 19.4 Å². The maximum absolute atomic E-state index is 12.5. The van der Waals surface area contributed by atoms with Gasteiger partial charge in [-0.1, -0.05) is 50.2 Å². The summed E-state index contributed by atoms with van der Waals surface area (Å²) in [6, 6.07) is 13.6. The van der Waals surface area contributed by atoms with Gasteiger partial charge in [0.15, 0.2) is 0 Å². The number of hydrogen-bond donors (Lipinski definition) is 1. The summed E-state index contributed by atoms with van der Waals surface area (Å²) >= 11 is 1.15. The number of thiophene rings is 1. The lowest BCUT2D eigenvalue weighted by atomic mass is 10.0. The number of sulfonamides is 1. The molecule has 1 amide bonds. The van der Waals surface area contributed by atoms with Gasteiger partial charge in [-0.2, -0.15) is 4.31 Å². The van der Waals surface area contributed by atoms with Crippen molar-refractivity contribution in [3.05, 3.63) is 53.4 Å². The van der Waals surface area contributed by atoms with Gasteiger partial charge in [0, 0.05) is 19.6 Å². The van der Waals surface area contributed by atoms with Gasteiger partial charge in [-0.15, -0.1) is 11.3 Å². The summed E-state index contributed by atoms with van der Waals surface area (Å²) < 4.78 is 26.3. The van der Waals surface area contributed by atoms with Gasteiger partial charge in [-0.3, -0.25) is 9.69 Å². The molecule has 0 aliphatic heterocycles. The van der Waals surface area contributed by atoms with E-state index < -0.39 is 10.0 Å². The van der Waals surface area contributed by atoms with Crippen molar-refractivity contribution in [3.8, 4) is 0 Å². The van der Waals surface area contributed by atoms with Crippen LogP contribution in [0.3, 0.4) is 0 Å². The number of benzene rings is 1. The molecule has 6 nitrogen and oxygen atoms in total. The Morgan fingerprint density at radius 3 is 2.36 bits per heavy atom. The van der Waals surface area contributed by atoms with Gasteiger partial charge in [0.2, 0.25) is 5.91 Å². The highest BCUT2D eigenvalue weighted by molar-refractivity contribution is 7.91. The van der Waals surface area contributed by atoms with E-state index in [0.717, 1.165) is 35.2 Å². The highest BCUT2D eigenvalue weighted by Gasteiger charge is 2.24. The highest BCUT2D eigenvalue weighted by Crippen LogP contribution is 2.19. The highest BCUT2D eigenvalue weighted by atomic mass is 32.2. The molecule has 0 aliphatic carbocycles. The largest absolute Gasteiger partial charge is 0.353 e.